The van der Waals surface area contributed by atoms with Crippen LogP contribution >= 0.6 is 0 Å². The van der Waals surface area contributed by atoms with Crippen LogP contribution in [0.5, 0.6) is 0 Å². The van der Waals surface area contributed by atoms with Crippen LogP contribution in [-0.4, -0.2) is 5.78 Å². The average Bonchev–Trinajstić information content (AvgIpc) is 2.15. The lowest BCUT2D eigenvalue weighted by Gasteiger charge is -2.05. The Kier molecular flexibility index (Phi) is 5.68. The summed E-state index contributed by atoms with van der Waals surface area (Å²) in [4.78, 5) is 11.0. The maximum Gasteiger partial charge on any atom is 0.142 e. The molecule has 0 amide bonds. The standard InChI is InChI=1S/C11H14F2O/c1-4-6-9(12)7-10(13)8(3)11(14)5-2/h4,6-8H,1,5H2,2-3H3/b9-6+,10-7+. The molecule has 0 aliphatic rings. The minimum Gasteiger partial charge on any atom is -0.299 e. The number of ketones is 1. The fraction of sp³-hybridized carbons (Fsp3) is 0.364. The zero-order valence-corrected chi connectivity index (χ0v) is 8.39. The van der Waals surface area contributed by atoms with E-state index in [1.807, 2.05) is 0 Å². The average molecular weight is 200 g/mol. The maximum absolute atomic E-state index is 13.1. The second-order valence-corrected chi connectivity index (χ2v) is 2.86. The molecule has 14 heavy (non-hydrogen) atoms. The highest BCUT2D eigenvalue weighted by atomic mass is 19.1. The van der Waals surface area contributed by atoms with Crippen LogP contribution in [0.3, 0.4) is 0 Å². The highest BCUT2D eigenvalue weighted by Gasteiger charge is 2.15. The molecule has 0 rings (SSSR count). The number of hydrogen-bond acceptors (Lipinski definition) is 1. The van der Waals surface area contributed by atoms with Gasteiger partial charge in [0.05, 0.1) is 5.92 Å². The van der Waals surface area contributed by atoms with E-state index in [2.05, 4.69) is 6.58 Å². The topological polar surface area (TPSA) is 17.1 Å². The van der Waals surface area contributed by atoms with Gasteiger partial charge in [0, 0.05) is 12.5 Å². The molecule has 0 aliphatic carbocycles. The summed E-state index contributed by atoms with van der Waals surface area (Å²) in [5.74, 6) is -2.62. The molecule has 0 aliphatic heterocycles. The molecule has 0 bridgehead atoms. The molecule has 0 N–H and O–H groups in total. The van der Waals surface area contributed by atoms with Gasteiger partial charge in [0.2, 0.25) is 0 Å². The van der Waals surface area contributed by atoms with Gasteiger partial charge in [-0.25, -0.2) is 8.78 Å². The lowest BCUT2D eigenvalue weighted by atomic mass is 10.0. The molecule has 0 saturated heterocycles. The van der Waals surface area contributed by atoms with Crippen LogP contribution in [0.1, 0.15) is 20.3 Å². The molecule has 0 aromatic carbocycles. The van der Waals surface area contributed by atoms with Gasteiger partial charge in [-0.2, -0.15) is 0 Å². The van der Waals surface area contributed by atoms with Gasteiger partial charge in [0.1, 0.15) is 17.4 Å². The van der Waals surface area contributed by atoms with E-state index in [0.717, 1.165) is 6.08 Å². The molecule has 0 aromatic heterocycles. The Morgan fingerprint density at radius 3 is 2.50 bits per heavy atom. The van der Waals surface area contributed by atoms with Crippen molar-refractivity contribution < 1.29 is 13.6 Å². The summed E-state index contributed by atoms with van der Waals surface area (Å²) in [6.45, 7) is 6.33. The van der Waals surface area contributed by atoms with E-state index in [1.165, 1.54) is 13.0 Å². The Hall–Kier alpha value is -1.25. The van der Waals surface area contributed by atoms with E-state index in [0.29, 0.717) is 6.08 Å². The SMILES string of the molecule is C=C/C=C(F)\C=C(\F)C(C)C(=O)CC. The van der Waals surface area contributed by atoms with Crippen molar-refractivity contribution in [3.63, 3.8) is 0 Å². The first-order chi connectivity index (χ1) is 6.52. The zero-order valence-electron chi connectivity index (χ0n) is 8.39. The van der Waals surface area contributed by atoms with E-state index in [-0.39, 0.29) is 12.2 Å². The van der Waals surface area contributed by atoms with Crippen molar-refractivity contribution in [3.8, 4) is 0 Å². The monoisotopic (exact) mass is 200 g/mol. The normalized spacial score (nSPS) is 15.1. The quantitative estimate of drug-likeness (QED) is 0.621. The van der Waals surface area contributed by atoms with Crippen LogP contribution in [-0.2, 0) is 4.79 Å². The largest absolute Gasteiger partial charge is 0.299 e. The first-order valence-corrected chi connectivity index (χ1v) is 4.41. The van der Waals surface area contributed by atoms with Crippen molar-refractivity contribution in [2.45, 2.75) is 20.3 Å². The van der Waals surface area contributed by atoms with Crippen molar-refractivity contribution in [2.75, 3.05) is 0 Å². The summed E-state index contributed by atoms with van der Waals surface area (Å²) >= 11 is 0. The van der Waals surface area contributed by atoms with Crippen LogP contribution in [0.4, 0.5) is 8.78 Å². The van der Waals surface area contributed by atoms with E-state index in [9.17, 15) is 13.6 Å². The molecular formula is C11H14F2O. The smallest absolute Gasteiger partial charge is 0.142 e. The second kappa shape index (κ2) is 6.24. The number of halogens is 2. The summed E-state index contributed by atoms with van der Waals surface area (Å²) < 4.78 is 25.9. The van der Waals surface area contributed by atoms with Crippen LogP contribution in [0, 0.1) is 5.92 Å². The number of carbonyl (C=O) groups excluding carboxylic acids is 1. The van der Waals surface area contributed by atoms with Crippen LogP contribution in [0.2, 0.25) is 0 Å². The third-order valence-electron chi connectivity index (χ3n) is 1.80. The Labute approximate surface area is 82.8 Å². The van der Waals surface area contributed by atoms with Gasteiger partial charge in [-0.05, 0) is 13.0 Å². The number of hydrogen-bond donors (Lipinski definition) is 0. The van der Waals surface area contributed by atoms with Gasteiger partial charge >= 0.3 is 0 Å². The summed E-state index contributed by atoms with van der Waals surface area (Å²) in [5, 5.41) is 0. The molecule has 3 heteroatoms. The number of Topliss-reactive ketones (excluding diaryl/α,β-unsaturated/α-hetero) is 1. The summed E-state index contributed by atoms with van der Waals surface area (Å²) in [5.41, 5.74) is 0. The van der Waals surface area contributed by atoms with Gasteiger partial charge in [-0.1, -0.05) is 19.6 Å². The molecule has 0 aromatic rings. The van der Waals surface area contributed by atoms with E-state index in [1.54, 1.807) is 6.92 Å². The minimum atomic E-state index is -0.871. The Morgan fingerprint density at radius 1 is 1.50 bits per heavy atom. The molecule has 1 unspecified atom stereocenters. The fourth-order valence-corrected chi connectivity index (χ4v) is 0.877. The van der Waals surface area contributed by atoms with Gasteiger partial charge in [-0.3, -0.25) is 4.79 Å². The lowest BCUT2D eigenvalue weighted by Crippen LogP contribution is -2.09. The predicted molar refractivity (Wildman–Crippen MR) is 53.0 cm³/mol. The van der Waals surface area contributed by atoms with Crippen molar-refractivity contribution in [3.05, 3.63) is 36.5 Å². The Balaban J connectivity index is 4.60. The molecule has 78 valence electrons. The highest BCUT2D eigenvalue weighted by molar-refractivity contribution is 5.82. The zero-order chi connectivity index (χ0) is 11.1. The molecule has 0 fully saturated rings. The third-order valence-corrected chi connectivity index (χ3v) is 1.80. The first kappa shape index (κ1) is 12.8. The first-order valence-electron chi connectivity index (χ1n) is 4.41. The summed E-state index contributed by atoms with van der Waals surface area (Å²) in [6.07, 6.45) is 3.20. The summed E-state index contributed by atoms with van der Waals surface area (Å²) in [6, 6.07) is 0. The maximum atomic E-state index is 13.1. The summed E-state index contributed by atoms with van der Waals surface area (Å²) in [7, 11) is 0. The predicted octanol–water partition coefficient (Wildman–Crippen LogP) is 3.49. The highest BCUT2D eigenvalue weighted by Crippen LogP contribution is 2.17. The minimum absolute atomic E-state index is 0.245. The van der Waals surface area contributed by atoms with Gasteiger partial charge in [-0.15, -0.1) is 0 Å². The van der Waals surface area contributed by atoms with Crippen molar-refractivity contribution in [1.82, 2.24) is 0 Å². The van der Waals surface area contributed by atoms with Gasteiger partial charge in [0.15, 0.2) is 0 Å². The Morgan fingerprint density at radius 2 is 2.07 bits per heavy atom. The Bertz CT molecular complexity index is 277. The van der Waals surface area contributed by atoms with Crippen molar-refractivity contribution in [1.29, 1.82) is 0 Å². The lowest BCUT2D eigenvalue weighted by molar-refractivity contribution is -0.121. The second-order valence-electron chi connectivity index (χ2n) is 2.86. The molecule has 1 nitrogen and oxygen atoms in total. The van der Waals surface area contributed by atoms with Crippen LogP contribution < -0.4 is 0 Å². The van der Waals surface area contributed by atoms with Crippen molar-refractivity contribution >= 4 is 5.78 Å². The number of carbonyl (C=O) groups is 1. The fourth-order valence-electron chi connectivity index (χ4n) is 0.877. The van der Waals surface area contributed by atoms with Gasteiger partial charge < -0.3 is 0 Å². The number of rotatable bonds is 5. The van der Waals surface area contributed by atoms with Crippen LogP contribution in [0.25, 0.3) is 0 Å². The van der Waals surface area contributed by atoms with Crippen LogP contribution in [0.15, 0.2) is 36.5 Å². The molecule has 0 heterocycles. The van der Waals surface area contributed by atoms with E-state index >= 15 is 0 Å². The van der Waals surface area contributed by atoms with E-state index < -0.39 is 17.6 Å². The van der Waals surface area contributed by atoms with E-state index in [4.69, 9.17) is 0 Å². The molecule has 0 spiro atoms. The third kappa shape index (κ3) is 4.12. The molecule has 0 saturated carbocycles. The van der Waals surface area contributed by atoms with Gasteiger partial charge in [0.25, 0.3) is 0 Å². The van der Waals surface area contributed by atoms with Crippen molar-refractivity contribution in [2.24, 2.45) is 5.92 Å². The molecule has 1 atom stereocenters. The molecule has 0 radical (unpaired) electrons. The number of allylic oxidation sites excluding steroid dienone is 5. The molecular weight excluding hydrogens is 186 g/mol.